The fourth-order valence-electron chi connectivity index (χ4n) is 2.45. The molecule has 118 valence electrons. The van der Waals surface area contributed by atoms with Crippen LogP contribution in [0.3, 0.4) is 0 Å². The molecular formula is C18H20N4O. The van der Waals surface area contributed by atoms with Gasteiger partial charge in [-0.05, 0) is 43.2 Å². The molecule has 0 saturated carbocycles. The predicted molar refractivity (Wildman–Crippen MR) is 89.5 cm³/mol. The molecular weight excluding hydrogens is 288 g/mol. The Balaban J connectivity index is 1.95. The molecule has 2 N–H and O–H groups in total. The highest BCUT2D eigenvalue weighted by Gasteiger charge is 2.15. The highest BCUT2D eigenvalue weighted by molar-refractivity contribution is 5.43. The van der Waals surface area contributed by atoms with Crippen LogP contribution in [-0.4, -0.2) is 15.0 Å². The summed E-state index contributed by atoms with van der Waals surface area (Å²) in [4.78, 5) is 0. The summed E-state index contributed by atoms with van der Waals surface area (Å²) in [6.07, 6.45) is 0. The third kappa shape index (κ3) is 3.24. The smallest absolute Gasteiger partial charge is 0.132 e. The highest BCUT2D eigenvalue weighted by Crippen LogP contribution is 2.20. The predicted octanol–water partition coefficient (Wildman–Crippen LogP) is 2.92. The zero-order valence-electron chi connectivity index (χ0n) is 13.4. The zero-order valence-corrected chi connectivity index (χ0v) is 13.4. The summed E-state index contributed by atoms with van der Waals surface area (Å²) in [5, 5.41) is 8.48. The molecule has 0 amide bonds. The first-order chi connectivity index (χ1) is 11.2. The van der Waals surface area contributed by atoms with Crippen molar-refractivity contribution in [2.45, 2.75) is 27.0 Å². The summed E-state index contributed by atoms with van der Waals surface area (Å²) in [5.74, 6) is 0.809. The zero-order chi connectivity index (χ0) is 16.2. The van der Waals surface area contributed by atoms with Crippen molar-refractivity contribution in [3.63, 3.8) is 0 Å². The van der Waals surface area contributed by atoms with Gasteiger partial charge in [-0.15, -0.1) is 5.10 Å². The number of nitrogens with zero attached hydrogens (tertiary/aromatic N) is 3. The van der Waals surface area contributed by atoms with Gasteiger partial charge in [0.25, 0.3) is 0 Å². The van der Waals surface area contributed by atoms with Gasteiger partial charge in [-0.2, -0.15) is 0 Å². The molecule has 3 aromatic rings. The van der Waals surface area contributed by atoms with Crippen LogP contribution in [0.2, 0.25) is 0 Å². The largest absolute Gasteiger partial charge is 0.487 e. The number of hydrogen-bond acceptors (Lipinski definition) is 4. The van der Waals surface area contributed by atoms with Gasteiger partial charge in [0.15, 0.2) is 0 Å². The molecule has 3 rings (SSSR count). The molecule has 2 aromatic carbocycles. The van der Waals surface area contributed by atoms with Crippen molar-refractivity contribution >= 4 is 0 Å². The molecule has 5 nitrogen and oxygen atoms in total. The standard InChI is InChI=1S/C18H20N4O/c1-13-8-9-14(2)17(10-13)22-18(16(11-19)20-21-22)12-23-15-6-4-3-5-7-15/h3-10H,11-12,19H2,1-2H3. The average Bonchev–Trinajstić information content (AvgIpc) is 2.99. The van der Waals surface area contributed by atoms with Crippen LogP contribution < -0.4 is 10.5 Å². The van der Waals surface area contributed by atoms with E-state index in [4.69, 9.17) is 10.5 Å². The van der Waals surface area contributed by atoms with Crippen molar-refractivity contribution < 1.29 is 4.74 Å². The fourth-order valence-corrected chi connectivity index (χ4v) is 2.45. The van der Waals surface area contributed by atoms with Gasteiger partial charge in [0.2, 0.25) is 0 Å². The lowest BCUT2D eigenvalue weighted by atomic mass is 10.1. The van der Waals surface area contributed by atoms with Gasteiger partial charge in [-0.1, -0.05) is 35.5 Å². The van der Waals surface area contributed by atoms with Crippen LogP contribution in [-0.2, 0) is 13.2 Å². The van der Waals surface area contributed by atoms with Crippen LogP contribution in [0.4, 0.5) is 0 Å². The van der Waals surface area contributed by atoms with Crippen LogP contribution in [0.1, 0.15) is 22.5 Å². The van der Waals surface area contributed by atoms with E-state index in [0.29, 0.717) is 13.2 Å². The second-order valence-electron chi connectivity index (χ2n) is 5.49. The maximum absolute atomic E-state index is 5.87. The Labute approximate surface area is 135 Å². The van der Waals surface area contributed by atoms with E-state index in [1.165, 1.54) is 5.56 Å². The molecule has 23 heavy (non-hydrogen) atoms. The molecule has 0 radical (unpaired) electrons. The van der Waals surface area contributed by atoms with E-state index in [0.717, 1.165) is 28.4 Å². The first kappa shape index (κ1) is 15.2. The Bertz CT molecular complexity index is 796. The second kappa shape index (κ2) is 6.62. The van der Waals surface area contributed by atoms with Gasteiger partial charge in [-0.25, -0.2) is 4.68 Å². The van der Waals surface area contributed by atoms with Gasteiger partial charge < -0.3 is 10.5 Å². The topological polar surface area (TPSA) is 66.0 Å². The fraction of sp³-hybridized carbons (Fsp3) is 0.222. The maximum Gasteiger partial charge on any atom is 0.132 e. The quantitative estimate of drug-likeness (QED) is 0.787. The van der Waals surface area contributed by atoms with Crippen LogP contribution in [0.5, 0.6) is 5.75 Å². The summed E-state index contributed by atoms with van der Waals surface area (Å²) >= 11 is 0. The number of benzene rings is 2. The van der Waals surface area contributed by atoms with E-state index < -0.39 is 0 Å². The Hall–Kier alpha value is -2.66. The highest BCUT2D eigenvalue weighted by atomic mass is 16.5. The van der Waals surface area contributed by atoms with E-state index in [9.17, 15) is 0 Å². The number of rotatable bonds is 5. The van der Waals surface area contributed by atoms with Crippen LogP contribution >= 0.6 is 0 Å². The lowest BCUT2D eigenvalue weighted by Crippen LogP contribution is -2.10. The molecule has 0 spiro atoms. The van der Waals surface area contributed by atoms with E-state index in [2.05, 4.69) is 42.4 Å². The summed E-state index contributed by atoms with van der Waals surface area (Å²) < 4.78 is 7.70. The molecule has 0 unspecified atom stereocenters. The molecule has 0 saturated heterocycles. The van der Waals surface area contributed by atoms with Gasteiger partial charge in [0.1, 0.15) is 23.7 Å². The Morgan fingerprint density at radius 3 is 2.61 bits per heavy atom. The van der Waals surface area contributed by atoms with E-state index in [-0.39, 0.29) is 0 Å². The minimum absolute atomic E-state index is 0.332. The molecule has 0 aliphatic rings. The number of para-hydroxylation sites is 1. The van der Waals surface area contributed by atoms with Gasteiger partial charge >= 0.3 is 0 Å². The summed E-state index contributed by atoms with van der Waals surface area (Å²) in [6, 6.07) is 16.0. The molecule has 1 heterocycles. The second-order valence-corrected chi connectivity index (χ2v) is 5.49. The first-order valence-corrected chi connectivity index (χ1v) is 7.58. The normalized spacial score (nSPS) is 10.7. The van der Waals surface area contributed by atoms with E-state index in [1.807, 2.05) is 35.0 Å². The monoisotopic (exact) mass is 308 g/mol. The summed E-state index contributed by atoms with van der Waals surface area (Å²) in [7, 11) is 0. The van der Waals surface area contributed by atoms with Crippen molar-refractivity contribution in [3.05, 3.63) is 71.0 Å². The summed E-state index contributed by atoms with van der Waals surface area (Å²) in [5.41, 5.74) is 10.7. The number of aryl methyl sites for hydroxylation is 2. The minimum atomic E-state index is 0.332. The number of ether oxygens (including phenoxy) is 1. The molecule has 0 aliphatic carbocycles. The molecule has 0 bridgehead atoms. The van der Waals surface area contributed by atoms with Crippen LogP contribution in [0.15, 0.2) is 48.5 Å². The molecule has 0 fully saturated rings. The SMILES string of the molecule is Cc1ccc(C)c(-n2nnc(CN)c2COc2ccccc2)c1. The van der Waals surface area contributed by atoms with Crippen molar-refractivity contribution in [1.82, 2.24) is 15.0 Å². The van der Waals surface area contributed by atoms with Gasteiger partial charge in [0, 0.05) is 6.54 Å². The molecule has 1 aromatic heterocycles. The van der Waals surface area contributed by atoms with Crippen LogP contribution in [0.25, 0.3) is 5.69 Å². The number of hydrogen-bond donors (Lipinski definition) is 1. The van der Waals surface area contributed by atoms with Crippen molar-refractivity contribution in [1.29, 1.82) is 0 Å². The third-order valence-electron chi connectivity index (χ3n) is 3.75. The van der Waals surface area contributed by atoms with Crippen LogP contribution in [0, 0.1) is 13.8 Å². The third-order valence-corrected chi connectivity index (χ3v) is 3.75. The Kier molecular flexibility index (Phi) is 4.39. The molecule has 5 heteroatoms. The Morgan fingerprint density at radius 1 is 1.09 bits per heavy atom. The molecule has 0 atom stereocenters. The van der Waals surface area contributed by atoms with Crippen molar-refractivity contribution in [2.75, 3.05) is 0 Å². The van der Waals surface area contributed by atoms with Gasteiger partial charge in [0.05, 0.1) is 5.69 Å². The van der Waals surface area contributed by atoms with Crippen molar-refractivity contribution in [2.24, 2.45) is 5.73 Å². The van der Waals surface area contributed by atoms with Gasteiger partial charge in [-0.3, -0.25) is 0 Å². The Morgan fingerprint density at radius 2 is 1.87 bits per heavy atom. The number of aromatic nitrogens is 3. The van der Waals surface area contributed by atoms with Crippen molar-refractivity contribution in [3.8, 4) is 11.4 Å². The first-order valence-electron chi connectivity index (χ1n) is 7.58. The van der Waals surface area contributed by atoms with E-state index in [1.54, 1.807) is 0 Å². The summed E-state index contributed by atoms with van der Waals surface area (Å²) in [6.45, 7) is 4.82. The lowest BCUT2D eigenvalue weighted by molar-refractivity contribution is 0.296. The van der Waals surface area contributed by atoms with E-state index >= 15 is 0 Å². The average molecular weight is 308 g/mol. The molecule has 0 aliphatic heterocycles. The maximum atomic E-state index is 5.87. The minimum Gasteiger partial charge on any atom is -0.487 e. The number of nitrogens with two attached hydrogens (primary N) is 1. The lowest BCUT2D eigenvalue weighted by Gasteiger charge is -2.12.